The Balaban J connectivity index is 1.68. The number of amides is 2. The van der Waals surface area contributed by atoms with Crippen LogP contribution in [0.1, 0.15) is 22.8 Å². The third-order valence-corrected chi connectivity index (χ3v) is 4.68. The van der Waals surface area contributed by atoms with Crippen molar-refractivity contribution in [2.45, 2.75) is 6.92 Å². The molecule has 2 aromatic carbocycles. The van der Waals surface area contributed by atoms with Crippen molar-refractivity contribution < 1.29 is 9.59 Å². The highest BCUT2D eigenvalue weighted by molar-refractivity contribution is 6.31. The molecular formula is C23H19N5O2. The zero-order valence-electron chi connectivity index (χ0n) is 16.3. The lowest BCUT2D eigenvalue weighted by Crippen LogP contribution is -2.35. The number of pyridine rings is 1. The summed E-state index contributed by atoms with van der Waals surface area (Å²) >= 11 is 0. The maximum Gasteiger partial charge on any atom is 0.272 e. The Morgan fingerprint density at radius 2 is 1.63 bits per heavy atom. The molecule has 0 aliphatic carbocycles. The molecule has 7 nitrogen and oxygen atoms in total. The minimum absolute atomic E-state index is 0.225. The fourth-order valence-electron chi connectivity index (χ4n) is 3.21. The number of benzene rings is 2. The van der Waals surface area contributed by atoms with E-state index in [4.69, 9.17) is 0 Å². The zero-order valence-corrected chi connectivity index (χ0v) is 16.3. The SMILES string of the molecule is CC1=NN(c2ccccc2)C(=O)C1/C(=N/NC(=O)c1cccnc1)c1ccccc1. The van der Waals surface area contributed by atoms with Gasteiger partial charge < -0.3 is 0 Å². The number of anilines is 1. The van der Waals surface area contributed by atoms with Crippen molar-refractivity contribution >= 4 is 28.9 Å². The van der Waals surface area contributed by atoms with Crippen molar-refractivity contribution in [1.82, 2.24) is 10.4 Å². The average molecular weight is 397 g/mol. The maximum atomic E-state index is 13.3. The normalized spacial score (nSPS) is 16.4. The first-order chi connectivity index (χ1) is 14.6. The first kappa shape index (κ1) is 19.2. The molecule has 1 N–H and O–H groups in total. The van der Waals surface area contributed by atoms with Crippen molar-refractivity contribution in [3.05, 3.63) is 96.3 Å². The van der Waals surface area contributed by atoms with E-state index in [9.17, 15) is 9.59 Å². The Morgan fingerprint density at radius 3 is 2.30 bits per heavy atom. The van der Waals surface area contributed by atoms with Gasteiger partial charge in [-0.1, -0.05) is 48.5 Å². The van der Waals surface area contributed by atoms with Crippen LogP contribution in [-0.2, 0) is 4.79 Å². The van der Waals surface area contributed by atoms with Gasteiger partial charge in [0.15, 0.2) is 0 Å². The summed E-state index contributed by atoms with van der Waals surface area (Å²) in [6, 6.07) is 21.8. The second kappa shape index (κ2) is 8.48. The summed E-state index contributed by atoms with van der Waals surface area (Å²) in [5.41, 5.74) is 5.36. The number of hydrazone groups is 2. The van der Waals surface area contributed by atoms with E-state index >= 15 is 0 Å². The number of aromatic nitrogens is 1. The minimum atomic E-state index is -0.707. The number of carbonyl (C=O) groups is 2. The summed E-state index contributed by atoms with van der Waals surface area (Å²) in [7, 11) is 0. The second-order valence-electron chi connectivity index (χ2n) is 6.71. The molecule has 0 saturated carbocycles. The van der Waals surface area contributed by atoms with Gasteiger partial charge in [-0.2, -0.15) is 15.2 Å². The van der Waals surface area contributed by atoms with Crippen LogP contribution < -0.4 is 10.4 Å². The predicted octanol–water partition coefficient (Wildman–Crippen LogP) is 3.25. The highest BCUT2D eigenvalue weighted by atomic mass is 16.2. The molecule has 1 unspecified atom stereocenters. The van der Waals surface area contributed by atoms with E-state index in [0.717, 1.165) is 5.56 Å². The molecule has 1 atom stereocenters. The lowest BCUT2D eigenvalue weighted by atomic mass is 9.93. The number of rotatable bonds is 5. The zero-order chi connectivity index (χ0) is 20.9. The smallest absolute Gasteiger partial charge is 0.271 e. The summed E-state index contributed by atoms with van der Waals surface area (Å²) < 4.78 is 0. The first-order valence-electron chi connectivity index (χ1n) is 9.42. The second-order valence-corrected chi connectivity index (χ2v) is 6.71. The van der Waals surface area contributed by atoms with Crippen LogP contribution in [0.3, 0.4) is 0 Å². The van der Waals surface area contributed by atoms with Crippen molar-refractivity contribution in [3.63, 3.8) is 0 Å². The van der Waals surface area contributed by atoms with Crippen LogP contribution in [0, 0.1) is 5.92 Å². The summed E-state index contributed by atoms with van der Waals surface area (Å²) in [5.74, 6) is -1.34. The molecule has 0 saturated heterocycles. The quantitative estimate of drug-likeness (QED) is 0.530. The summed E-state index contributed by atoms with van der Waals surface area (Å²) in [6.45, 7) is 1.78. The fraction of sp³-hybridized carbons (Fsp3) is 0.0870. The Kier molecular flexibility index (Phi) is 5.43. The monoisotopic (exact) mass is 397 g/mol. The van der Waals surface area contributed by atoms with Crippen LogP contribution in [0.25, 0.3) is 0 Å². The number of para-hydroxylation sites is 1. The topological polar surface area (TPSA) is 87.0 Å². The van der Waals surface area contributed by atoms with Crippen LogP contribution in [0.15, 0.2) is 95.4 Å². The highest BCUT2D eigenvalue weighted by Gasteiger charge is 2.38. The third-order valence-electron chi connectivity index (χ3n) is 4.68. The van der Waals surface area contributed by atoms with Crippen LogP contribution in [-0.4, -0.2) is 28.2 Å². The molecule has 1 aromatic heterocycles. The molecule has 1 aliphatic rings. The molecule has 1 aliphatic heterocycles. The van der Waals surface area contributed by atoms with E-state index in [0.29, 0.717) is 22.7 Å². The van der Waals surface area contributed by atoms with E-state index in [2.05, 4.69) is 20.6 Å². The van der Waals surface area contributed by atoms with Crippen molar-refractivity contribution in [2.24, 2.45) is 16.1 Å². The van der Waals surface area contributed by atoms with Crippen LogP contribution in [0.2, 0.25) is 0 Å². The van der Waals surface area contributed by atoms with Gasteiger partial charge in [0.1, 0.15) is 5.92 Å². The molecule has 0 bridgehead atoms. The molecule has 4 rings (SSSR count). The molecule has 2 amide bonds. The maximum absolute atomic E-state index is 13.3. The summed E-state index contributed by atoms with van der Waals surface area (Å²) in [5, 5.41) is 10.2. The first-order valence-corrected chi connectivity index (χ1v) is 9.42. The lowest BCUT2D eigenvalue weighted by molar-refractivity contribution is -0.118. The molecule has 0 spiro atoms. The number of nitrogens with one attached hydrogen (secondary N) is 1. The predicted molar refractivity (Wildman–Crippen MR) is 115 cm³/mol. The molecule has 148 valence electrons. The molecule has 30 heavy (non-hydrogen) atoms. The van der Waals surface area contributed by atoms with Gasteiger partial charge in [-0.25, -0.2) is 5.43 Å². The van der Waals surface area contributed by atoms with Crippen LogP contribution >= 0.6 is 0 Å². The summed E-state index contributed by atoms with van der Waals surface area (Å²) in [4.78, 5) is 29.7. The Morgan fingerprint density at radius 1 is 0.967 bits per heavy atom. The fourth-order valence-corrected chi connectivity index (χ4v) is 3.21. The number of hydrogen-bond acceptors (Lipinski definition) is 5. The number of hydrogen-bond donors (Lipinski definition) is 1. The van der Waals surface area contributed by atoms with E-state index < -0.39 is 11.8 Å². The molecule has 7 heteroatoms. The number of carbonyl (C=O) groups excluding carboxylic acids is 2. The number of nitrogens with zero attached hydrogens (tertiary/aromatic N) is 4. The lowest BCUT2D eigenvalue weighted by Gasteiger charge is -2.16. The van der Waals surface area contributed by atoms with Gasteiger partial charge in [0.2, 0.25) is 0 Å². The van der Waals surface area contributed by atoms with Crippen molar-refractivity contribution in [1.29, 1.82) is 0 Å². The largest absolute Gasteiger partial charge is 0.272 e. The Bertz CT molecular complexity index is 1110. The van der Waals surface area contributed by atoms with Crippen molar-refractivity contribution in [2.75, 3.05) is 5.01 Å². The Labute approximate surface area is 173 Å². The van der Waals surface area contributed by atoms with E-state index in [1.165, 1.54) is 11.2 Å². The third kappa shape index (κ3) is 3.86. The van der Waals surface area contributed by atoms with E-state index in [-0.39, 0.29) is 5.91 Å². The van der Waals surface area contributed by atoms with Crippen LogP contribution in [0.5, 0.6) is 0 Å². The van der Waals surface area contributed by atoms with Gasteiger partial charge in [0, 0.05) is 12.4 Å². The van der Waals surface area contributed by atoms with Gasteiger partial charge in [0.05, 0.1) is 22.7 Å². The Hall–Kier alpha value is -4.13. The molecule has 0 radical (unpaired) electrons. The molecule has 2 heterocycles. The standard InChI is InChI=1S/C23H19N5O2/c1-16-20(23(30)28(27-16)19-12-6-3-7-13-19)21(17-9-4-2-5-10-17)25-26-22(29)18-11-8-14-24-15-18/h2-15,20H,1H3,(H,26,29)/b25-21+. The minimum Gasteiger partial charge on any atom is -0.271 e. The van der Waals surface area contributed by atoms with Crippen molar-refractivity contribution in [3.8, 4) is 0 Å². The van der Waals surface area contributed by atoms with Gasteiger partial charge in [-0.05, 0) is 36.8 Å². The van der Waals surface area contributed by atoms with Gasteiger partial charge >= 0.3 is 0 Å². The van der Waals surface area contributed by atoms with E-state index in [1.807, 2.05) is 60.7 Å². The average Bonchev–Trinajstić information content (AvgIpc) is 3.10. The highest BCUT2D eigenvalue weighted by Crippen LogP contribution is 2.26. The van der Waals surface area contributed by atoms with E-state index in [1.54, 1.807) is 25.3 Å². The molecule has 0 fully saturated rings. The van der Waals surface area contributed by atoms with Gasteiger partial charge in [-0.3, -0.25) is 14.6 Å². The van der Waals surface area contributed by atoms with Gasteiger partial charge in [0.25, 0.3) is 11.8 Å². The summed E-state index contributed by atoms with van der Waals surface area (Å²) in [6.07, 6.45) is 3.04. The molecule has 3 aromatic rings. The van der Waals surface area contributed by atoms with Crippen LogP contribution in [0.4, 0.5) is 5.69 Å². The van der Waals surface area contributed by atoms with Gasteiger partial charge in [-0.15, -0.1) is 0 Å². The molecular weight excluding hydrogens is 378 g/mol.